The van der Waals surface area contributed by atoms with Crippen LogP contribution in [0.4, 0.5) is 0 Å². The Kier molecular flexibility index (Phi) is 4.80. The van der Waals surface area contributed by atoms with E-state index in [-0.39, 0.29) is 12.2 Å². The lowest BCUT2D eigenvalue weighted by Gasteiger charge is -2.22. The number of carbonyl (C=O) groups excluding carboxylic acids is 1. The van der Waals surface area contributed by atoms with E-state index in [9.17, 15) is 4.79 Å². The maximum absolute atomic E-state index is 12.8. The van der Waals surface area contributed by atoms with Crippen molar-refractivity contribution in [2.45, 2.75) is 25.3 Å². The standard InChI is InChI=1S/C21H22N8O/c1-28-13-20(26-27-28)15-6-14-7-17(23-11-19(14)24-9-15)8-21(30)16-10-25-29(12-16)18-2-4-22-5-3-18/h6-7,9-13,18,22H,2-5,8H2,1H3. The zero-order chi connectivity index (χ0) is 20.5. The predicted molar refractivity (Wildman–Crippen MR) is 111 cm³/mol. The first-order valence-corrected chi connectivity index (χ1v) is 10.1. The monoisotopic (exact) mass is 402 g/mol. The van der Waals surface area contributed by atoms with Crippen LogP contribution < -0.4 is 5.32 Å². The Morgan fingerprint density at radius 3 is 2.80 bits per heavy atom. The number of carbonyl (C=O) groups is 1. The minimum Gasteiger partial charge on any atom is -0.317 e. The number of nitrogens with zero attached hydrogens (tertiary/aromatic N) is 7. The van der Waals surface area contributed by atoms with Gasteiger partial charge in [0.25, 0.3) is 0 Å². The molecule has 0 aromatic carbocycles. The minimum absolute atomic E-state index is 0.0140. The summed E-state index contributed by atoms with van der Waals surface area (Å²) in [5.74, 6) is 0.0140. The summed E-state index contributed by atoms with van der Waals surface area (Å²) in [7, 11) is 1.83. The van der Waals surface area contributed by atoms with Gasteiger partial charge in [-0.3, -0.25) is 24.1 Å². The first-order chi connectivity index (χ1) is 14.7. The number of fused-ring (bicyclic) bond motifs is 1. The second-order valence-electron chi connectivity index (χ2n) is 7.66. The SMILES string of the molecule is Cn1cc(-c2cnc3cnc(CC(=O)c4cnn(C5CCNCC5)c4)cc3c2)nn1. The molecule has 0 amide bonds. The van der Waals surface area contributed by atoms with Crippen LogP contribution in [-0.4, -0.2) is 53.6 Å². The number of rotatable bonds is 5. The van der Waals surface area contributed by atoms with Gasteiger partial charge in [0.1, 0.15) is 5.69 Å². The number of ketones is 1. The molecule has 9 heteroatoms. The van der Waals surface area contributed by atoms with E-state index in [1.54, 1.807) is 23.3 Å². The minimum atomic E-state index is 0.0140. The zero-order valence-electron chi connectivity index (χ0n) is 16.7. The van der Waals surface area contributed by atoms with Crippen LogP contribution in [0.1, 0.15) is 34.9 Å². The number of piperidine rings is 1. The number of aryl methyl sites for hydroxylation is 1. The van der Waals surface area contributed by atoms with E-state index < -0.39 is 0 Å². The third kappa shape index (κ3) is 3.71. The smallest absolute Gasteiger partial charge is 0.171 e. The highest BCUT2D eigenvalue weighted by Crippen LogP contribution is 2.22. The Balaban J connectivity index is 1.35. The third-order valence-electron chi connectivity index (χ3n) is 5.47. The van der Waals surface area contributed by atoms with Crippen LogP contribution in [0.15, 0.2) is 43.1 Å². The molecule has 9 nitrogen and oxygen atoms in total. The number of pyridine rings is 2. The average Bonchev–Trinajstić information content (AvgIpc) is 3.43. The Hall–Kier alpha value is -3.46. The van der Waals surface area contributed by atoms with Crippen LogP contribution in [0.25, 0.3) is 22.2 Å². The van der Waals surface area contributed by atoms with Gasteiger partial charge in [-0.1, -0.05) is 5.21 Å². The molecule has 152 valence electrons. The first-order valence-electron chi connectivity index (χ1n) is 10.1. The quantitative estimate of drug-likeness (QED) is 0.509. The molecule has 0 bridgehead atoms. The lowest BCUT2D eigenvalue weighted by Crippen LogP contribution is -2.29. The van der Waals surface area contributed by atoms with Gasteiger partial charge in [0.15, 0.2) is 5.78 Å². The number of aromatic nitrogens is 7. The molecular formula is C21H22N8O. The van der Waals surface area contributed by atoms with Crippen molar-refractivity contribution in [3.8, 4) is 11.3 Å². The molecule has 30 heavy (non-hydrogen) atoms. The highest BCUT2D eigenvalue weighted by Gasteiger charge is 2.18. The molecule has 1 N–H and O–H groups in total. The normalized spacial score (nSPS) is 15.0. The van der Waals surface area contributed by atoms with Crippen molar-refractivity contribution in [3.63, 3.8) is 0 Å². The van der Waals surface area contributed by atoms with Gasteiger partial charge in [0.2, 0.25) is 0 Å². The Morgan fingerprint density at radius 2 is 2.00 bits per heavy atom. The summed E-state index contributed by atoms with van der Waals surface area (Å²) in [4.78, 5) is 21.7. The molecule has 1 fully saturated rings. The molecule has 0 atom stereocenters. The maximum atomic E-state index is 12.8. The third-order valence-corrected chi connectivity index (χ3v) is 5.47. The number of Topliss-reactive ketones (excluding diaryl/α,β-unsaturated/α-hetero) is 1. The molecule has 0 spiro atoms. The highest BCUT2D eigenvalue weighted by atomic mass is 16.1. The lowest BCUT2D eigenvalue weighted by atomic mass is 10.1. The molecule has 4 aromatic rings. The number of nitrogens with one attached hydrogen (secondary N) is 1. The van der Waals surface area contributed by atoms with E-state index in [4.69, 9.17) is 0 Å². The van der Waals surface area contributed by atoms with Gasteiger partial charge in [-0.2, -0.15) is 5.10 Å². The molecule has 0 radical (unpaired) electrons. The van der Waals surface area contributed by atoms with Crippen LogP contribution in [0, 0.1) is 0 Å². The average molecular weight is 402 g/mol. The number of hydrogen-bond acceptors (Lipinski definition) is 7. The van der Waals surface area contributed by atoms with Gasteiger partial charge in [-0.05, 0) is 38.1 Å². The van der Waals surface area contributed by atoms with Gasteiger partial charge in [0, 0.05) is 36.1 Å². The first kappa shape index (κ1) is 18.6. The summed E-state index contributed by atoms with van der Waals surface area (Å²) < 4.78 is 3.58. The van der Waals surface area contributed by atoms with E-state index in [1.165, 1.54) is 0 Å². The summed E-state index contributed by atoms with van der Waals surface area (Å²) in [6.45, 7) is 1.97. The van der Waals surface area contributed by atoms with Crippen LogP contribution in [-0.2, 0) is 13.5 Å². The Labute approximate surface area is 173 Å². The lowest BCUT2D eigenvalue weighted by molar-refractivity contribution is 0.0992. The zero-order valence-corrected chi connectivity index (χ0v) is 16.7. The topological polar surface area (TPSA) is 103 Å². The molecule has 5 heterocycles. The fraction of sp³-hybridized carbons (Fsp3) is 0.333. The maximum Gasteiger partial charge on any atom is 0.171 e. The largest absolute Gasteiger partial charge is 0.317 e. The van der Waals surface area contributed by atoms with Crippen LogP contribution in [0.2, 0.25) is 0 Å². The molecule has 0 saturated carbocycles. The second kappa shape index (κ2) is 7.75. The van der Waals surface area contributed by atoms with Crippen molar-refractivity contribution < 1.29 is 4.79 Å². The van der Waals surface area contributed by atoms with E-state index >= 15 is 0 Å². The van der Waals surface area contributed by atoms with Gasteiger partial charge in [0.05, 0.1) is 42.1 Å². The summed E-state index contributed by atoms with van der Waals surface area (Å²) in [6, 6.07) is 4.27. The van der Waals surface area contributed by atoms with E-state index in [1.807, 2.05) is 36.3 Å². The van der Waals surface area contributed by atoms with Crippen molar-refractivity contribution in [2.24, 2.45) is 7.05 Å². The van der Waals surface area contributed by atoms with E-state index in [0.717, 1.165) is 48.1 Å². The summed E-state index contributed by atoms with van der Waals surface area (Å²) in [5.41, 5.74) is 3.74. The van der Waals surface area contributed by atoms with Gasteiger partial charge >= 0.3 is 0 Å². The Bertz CT molecular complexity index is 1200. The van der Waals surface area contributed by atoms with E-state index in [2.05, 4.69) is 30.7 Å². The summed E-state index contributed by atoms with van der Waals surface area (Å²) in [5, 5.41) is 16.8. The highest BCUT2D eigenvalue weighted by molar-refractivity contribution is 5.97. The molecule has 0 unspecified atom stereocenters. The summed E-state index contributed by atoms with van der Waals surface area (Å²) >= 11 is 0. The molecule has 1 aliphatic rings. The van der Waals surface area contributed by atoms with Crippen molar-refractivity contribution in [1.29, 1.82) is 0 Å². The van der Waals surface area contributed by atoms with Crippen molar-refractivity contribution in [3.05, 3.63) is 54.4 Å². The molecule has 5 rings (SSSR count). The fourth-order valence-corrected chi connectivity index (χ4v) is 3.81. The van der Waals surface area contributed by atoms with Crippen molar-refractivity contribution >= 4 is 16.7 Å². The molecule has 1 aliphatic heterocycles. The molecular weight excluding hydrogens is 380 g/mol. The molecule has 4 aromatic heterocycles. The van der Waals surface area contributed by atoms with Gasteiger partial charge in [-0.25, -0.2) is 0 Å². The van der Waals surface area contributed by atoms with Crippen molar-refractivity contribution in [1.82, 2.24) is 40.1 Å². The van der Waals surface area contributed by atoms with Crippen LogP contribution >= 0.6 is 0 Å². The van der Waals surface area contributed by atoms with Crippen molar-refractivity contribution in [2.75, 3.05) is 13.1 Å². The number of hydrogen-bond donors (Lipinski definition) is 1. The van der Waals surface area contributed by atoms with Gasteiger partial charge < -0.3 is 5.32 Å². The Morgan fingerprint density at radius 1 is 1.13 bits per heavy atom. The van der Waals surface area contributed by atoms with Crippen LogP contribution in [0.5, 0.6) is 0 Å². The fourth-order valence-electron chi connectivity index (χ4n) is 3.81. The predicted octanol–water partition coefficient (Wildman–Crippen LogP) is 1.97. The summed E-state index contributed by atoms with van der Waals surface area (Å²) in [6.07, 6.45) is 11.1. The van der Waals surface area contributed by atoms with Gasteiger partial charge in [-0.15, -0.1) is 5.10 Å². The second-order valence-corrected chi connectivity index (χ2v) is 7.66. The van der Waals surface area contributed by atoms with Crippen LogP contribution in [0.3, 0.4) is 0 Å². The molecule has 0 aliphatic carbocycles. The molecule has 1 saturated heterocycles. The van der Waals surface area contributed by atoms with E-state index in [0.29, 0.717) is 17.3 Å².